The summed E-state index contributed by atoms with van der Waals surface area (Å²) in [6, 6.07) is 2.49. The molecule has 0 saturated carbocycles. The maximum atomic E-state index is 5.42. The molecule has 5 nitrogen and oxygen atoms in total. The van der Waals surface area contributed by atoms with Crippen LogP contribution in [0.4, 0.5) is 0 Å². The first kappa shape index (κ1) is 12.4. The predicted molar refractivity (Wildman–Crippen MR) is 65.0 cm³/mol. The Labute approximate surface area is 102 Å². The van der Waals surface area contributed by atoms with Gasteiger partial charge in [0.1, 0.15) is 0 Å². The Morgan fingerprint density at radius 3 is 3.12 bits per heavy atom. The zero-order chi connectivity index (χ0) is 12.3. The summed E-state index contributed by atoms with van der Waals surface area (Å²) in [7, 11) is 3.55. The van der Waals surface area contributed by atoms with Crippen molar-refractivity contribution in [1.29, 1.82) is 0 Å². The molecule has 1 N–H and O–H groups in total. The minimum absolute atomic E-state index is 0.525. The van der Waals surface area contributed by atoms with Gasteiger partial charge in [-0.05, 0) is 12.3 Å². The second kappa shape index (κ2) is 5.51. The number of nitrogens with one attached hydrogen (secondary N) is 1. The smallest absolute Gasteiger partial charge is 0.211 e. The molecule has 17 heavy (non-hydrogen) atoms. The van der Waals surface area contributed by atoms with Crippen LogP contribution in [-0.2, 0) is 18.3 Å². The fraction of sp³-hybridized carbons (Fsp3) is 0.750. The Morgan fingerprint density at radius 1 is 1.65 bits per heavy atom. The third kappa shape index (κ3) is 2.98. The number of methoxy groups -OCH3 is 1. The van der Waals surface area contributed by atoms with E-state index in [1.54, 1.807) is 11.8 Å². The third-order valence-electron chi connectivity index (χ3n) is 3.28. The minimum atomic E-state index is 0.525. The summed E-state index contributed by atoms with van der Waals surface area (Å²) < 4.78 is 12.4. The van der Waals surface area contributed by atoms with E-state index in [1.807, 2.05) is 13.1 Å². The second-order valence-electron chi connectivity index (χ2n) is 4.63. The molecule has 2 rings (SSSR count). The largest absolute Gasteiger partial charge is 0.481 e. The van der Waals surface area contributed by atoms with Gasteiger partial charge < -0.3 is 14.8 Å². The maximum Gasteiger partial charge on any atom is 0.211 e. The third-order valence-corrected chi connectivity index (χ3v) is 3.28. The maximum absolute atomic E-state index is 5.42. The molecule has 0 spiro atoms. The van der Waals surface area contributed by atoms with Gasteiger partial charge in [-0.1, -0.05) is 6.92 Å². The van der Waals surface area contributed by atoms with E-state index in [-0.39, 0.29) is 0 Å². The summed E-state index contributed by atoms with van der Waals surface area (Å²) >= 11 is 0. The van der Waals surface area contributed by atoms with Gasteiger partial charge in [0.25, 0.3) is 0 Å². The van der Waals surface area contributed by atoms with Gasteiger partial charge in [-0.25, -0.2) is 4.68 Å². The summed E-state index contributed by atoms with van der Waals surface area (Å²) in [6.45, 7) is 4.71. The van der Waals surface area contributed by atoms with Crippen LogP contribution in [0.15, 0.2) is 6.07 Å². The molecule has 1 aliphatic rings. The van der Waals surface area contributed by atoms with Crippen LogP contribution in [-0.4, -0.2) is 36.1 Å². The lowest BCUT2D eigenvalue weighted by Gasteiger charge is -2.29. The molecule has 0 radical (unpaired) electrons. The van der Waals surface area contributed by atoms with Crippen LogP contribution in [0.2, 0.25) is 0 Å². The van der Waals surface area contributed by atoms with Crippen molar-refractivity contribution in [2.24, 2.45) is 13.0 Å². The highest BCUT2D eigenvalue weighted by atomic mass is 16.5. The van der Waals surface area contributed by atoms with Crippen LogP contribution >= 0.6 is 0 Å². The SMILES string of the molecule is COc1cc(CNC2CCOCC2C)nn1C. The molecule has 1 fully saturated rings. The Kier molecular flexibility index (Phi) is 4.02. The quantitative estimate of drug-likeness (QED) is 0.849. The average molecular weight is 239 g/mol. The zero-order valence-electron chi connectivity index (χ0n) is 10.8. The van der Waals surface area contributed by atoms with Gasteiger partial charge in [0.15, 0.2) is 0 Å². The highest BCUT2D eigenvalue weighted by molar-refractivity contribution is 5.15. The van der Waals surface area contributed by atoms with Crippen LogP contribution in [0.3, 0.4) is 0 Å². The molecular weight excluding hydrogens is 218 g/mol. The van der Waals surface area contributed by atoms with E-state index in [4.69, 9.17) is 9.47 Å². The number of nitrogens with zero attached hydrogens (tertiary/aromatic N) is 2. The molecule has 1 aromatic rings. The van der Waals surface area contributed by atoms with Gasteiger partial charge >= 0.3 is 0 Å². The van der Waals surface area contributed by atoms with Gasteiger partial charge in [0.05, 0.1) is 19.4 Å². The van der Waals surface area contributed by atoms with E-state index in [1.165, 1.54) is 0 Å². The standard InChI is InChI=1S/C12H21N3O2/c1-9-8-17-5-4-11(9)13-7-10-6-12(16-3)15(2)14-10/h6,9,11,13H,4-5,7-8H2,1-3H3. The lowest BCUT2D eigenvalue weighted by molar-refractivity contribution is 0.0385. The topological polar surface area (TPSA) is 48.3 Å². The van der Waals surface area contributed by atoms with Crippen molar-refractivity contribution < 1.29 is 9.47 Å². The Hall–Kier alpha value is -1.07. The summed E-state index contributed by atoms with van der Waals surface area (Å²) in [5.41, 5.74) is 1.02. The number of hydrogen-bond donors (Lipinski definition) is 1. The number of ether oxygens (including phenoxy) is 2. The van der Waals surface area contributed by atoms with Crippen molar-refractivity contribution in [3.8, 4) is 5.88 Å². The summed E-state index contributed by atoms with van der Waals surface area (Å²) in [5, 5.41) is 7.93. The molecule has 5 heteroatoms. The molecule has 0 amide bonds. The fourth-order valence-electron chi connectivity index (χ4n) is 2.20. The van der Waals surface area contributed by atoms with Crippen molar-refractivity contribution in [3.05, 3.63) is 11.8 Å². The normalized spacial score (nSPS) is 24.9. The molecule has 0 aromatic carbocycles. The predicted octanol–water partition coefficient (Wildman–Crippen LogP) is 0.943. The molecule has 1 aromatic heterocycles. The Morgan fingerprint density at radius 2 is 2.47 bits per heavy atom. The molecule has 2 atom stereocenters. The summed E-state index contributed by atoms with van der Waals surface area (Å²) in [5.74, 6) is 1.36. The fourth-order valence-corrected chi connectivity index (χ4v) is 2.20. The molecule has 2 heterocycles. The second-order valence-corrected chi connectivity index (χ2v) is 4.63. The number of aromatic nitrogens is 2. The lowest BCUT2D eigenvalue weighted by atomic mass is 9.98. The van der Waals surface area contributed by atoms with Crippen molar-refractivity contribution in [3.63, 3.8) is 0 Å². The first-order chi connectivity index (χ1) is 8.20. The van der Waals surface area contributed by atoms with Gasteiger partial charge in [-0.2, -0.15) is 5.10 Å². The van der Waals surface area contributed by atoms with E-state index in [2.05, 4.69) is 17.3 Å². The van der Waals surface area contributed by atoms with Crippen molar-refractivity contribution in [2.75, 3.05) is 20.3 Å². The van der Waals surface area contributed by atoms with E-state index < -0.39 is 0 Å². The number of aryl methyl sites for hydroxylation is 1. The average Bonchev–Trinajstić information content (AvgIpc) is 2.69. The van der Waals surface area contributed by atoms with E-state index in [9.17, 15) is 0 Å². The van der Waals surface area contributed by atoms with Crippen LogP contribution in [0, 0.1) is 5.92 Å². The van der Waals surface area contributed by atoms with Gasteiger partial charge in [0, 0.05) is 32.3 Å². The molecule has 2 unspecified atom stereocenters. The molecule has 0 bridgehead atoms. The molecule has 0 aliphatic carbocycles. The van der Waals surface area contributed by atoms with Crippen molar-refractivity contribution >= 4 is 0 Å². The van der Waals surface area contributed by atoms with Crippen LogP contribution in [0.1, 0.15) is 19.0 Å². The summed E-state index contributed by atoms with van der Waals surface area (Å²) in [6.07, 6.45) is 1.07. The molecule has 96 valence electrons. The lowest BCUT2D eigenvalue weighted by Crippen LogP contribution is -2.41. The van der Waals surface area contributed by atoms with Crippen LogP contribution in [0.25, 0.3) is 0 Å². The van der Waals surface area contributed by atoms with Crippen molar-refractivity contribution in [2.45, 2.75) is 25.9 Å². The highest BCUT2D eigenvalue weighted by Crippen LogP contribution is 2.15. The molecule has 1 saturated heterocycles. The highest BCUT2D eigenvalue weighted by Gasteiger charge is 2.21. The minimum Gasteiger partial charge on any atom is -0.481 e. The number of hydrogen-bond acceptors (Lipinski definition) is 4. The first-order valence-electron chi connectivity index (χ1n) is 6.08. The molecule has 1 aliphatic heterocycles. The zero-order valence-corrected chi connectivity index (χ0v) is 10.8. The monoisotopic (exact) mass is 239 g/mol. The van der Waals surface area contributed by atoms with E-state index in [0.717, 1.165) is 37.8 Å². The van der Waals surface area contributed by atoms with Gasteiger partial charge in [-0.15, -0.1) is 0 Å². The first-order valence-corrected chi connectivity index (χ1v) is 6.08. The number of rotatable bonds is 4. The van der Waals surface area contributed by atoms with Gasteiger partial charge in [0.2, 0.25) is 5.88 Å². The van der Waals surface area contributed by atoms with Crippen molar-refractivity contribution in [1.82, 2.24) is 15.1 Å². The van der Waals surface area contributed by atoms with Crippen LogP contribution < -0.4 is 10.1 Å². The Balaban J connectivity index is 1.88. The van der Waals surface area contributed by atoms with E-state index >= 15 is 0 Å². The van der Waals surface area contributed by atoms with Crippen LogP contribution in [0.5, 0.6) is 5.88 Å². The summed E-state index contributed by atoms with van der Waals surface area (Å²) in [4.78, 5) is 0. The van der Waals surface area contributed by atoms with E-state index in [0.29, 0.717) is 12.0 Å². The van der Waals surface area contributed by atoms with Gasteiger partial charge in [-0.3, -0.25) is 0 Å². The molecular formula is C12H21N3O2. The Bertz CT molecular complexity index is 365.